The van der Waals surface area contributed by atoms with Crippen molar-refractivity contribution in [2.24, 2.45) is 0 Å². The van der Waals surface area contributed by atoms with Gasteiger partial charge in [0.15, 0.2) is 12.3 Å². The smallest absolute Gasteiger partial charge is 0.269 e. The molecule has 3 heterocycles. The quantitative estimate of drug-likeness (QED) is 0.296. The summed E-state index contributed by atoms with van der Waals surface area (Å²) in [6, 6.07) is 16.4. The van der Waals surface area contributed by atoms with E-state index in [1.54, 1.807) is 49.0 Å². The Hall–Kier alpha value is -4.73. The van der Waals surface area contributed by atoms with Crippen LogP contribution in [0.4, 0.5) is 5.69 Å². The Bertz CT molecular complexity index is 1650. The predicted octanol–water partition coefficient (Wildman–Crippen LogP) is 3.17. The third kappa shape index (κ3) is 3.41. The lowest BCUT2D eigenvalue weighted by molar-refractivity contribution is -0.384. The number of carbonyl (C=O) groups is 1. The van der Waals surface area contributed by atoms with Crippen molar-refractivity contribution < 1.29 is 14.5 Å². The number of hydrogen-bond acceptors (Lipinski definition) is 6. The van der Waals surface area contributed by atoms with Crippen LogP contribution in [0, 0.1) is 10.1 Å². The first-order valence-electron chi connectivity index (χ1n) is 10.4. The predicted molar refractivity (Wildman–Crippen MR) is 127 cm³/mol. The second-order valence-electron chi connectivity index (χ2n) is 7.91. The van der Waals surface area contributed by atoms with Gasteiger partial charge in [0.25, 0.3) is 17.2 Å². The Labute approximate surface area is 192 Å². The highest BCUT2D eigenvalue weighted by Gasteiger charge is 2.19. The molecule has 10 heteroatoms. The number of likely N-dealkylation sites (N-methyl/N-ethyl adjacent to an activating group) is 1. The maximum absolute atomic E-state index is 13.6. The number of hydrogen-bond donors (Lipinski definition) is 0. The van der Waals surface area contributed by atoms with E-state index < -0.39 is 4.92 Å². The molecular formula is C24H19N5O5. The van der Waals surface area contributed by atoms with E-state index in [-0.39, 0.29) is 23.8 Å². The van der Waals surface area contributed by atoms with Crippen molar-refractivity contribution in [3.05, 3.63) is 87.3 Å². The first-order chi connectivity index (χ1) is 16.3. The fourth-order valence-corrected chi connectivity index (χ4v) is 3.82. The Kier molecular flexibility index (Phi) is 4.97. The summed E-state index contributed by atoms with van der Waals surface area (Å²) < 4.78 is 8.86. The van der Waals surface area contributed by atoms with Crippen LogP contribution in [0.15, 0.2) is 71.7 Å². The van der Waals surface area contributed by atoms with E-state index in [0.717, 1.165) is 0 Å². The van der Waals surface area contributed by atoms with Crippen molar-refractivity contribution >= 4 is 39.2 Å². The minimum atomic E-state index is -0.491. The summed E-state index contributed by atoms with van der Waals surface area (Å²) >= 11 is 0. The molecule has 0 bridgehead atoms. The summed E-state index contributed by atoms with van der Waals surface area (Å²) in [5, 5.41) is 12.3. The molecule has 0 radical (unpaired) electrons. The van der Waals surface area contributed by atoms with Gasteiger partial charge in [-0.1, -0.05) is 18.2 Å². The maximum atomic E-state index is 13.6. The lowest BCUT2D eigenvalue weighted by atomic mass is 10.1. The highest BCUT2D eigenvalue weighted by atomic mass is 16.6. The van der Waals surface area contributed by atoms with Crippen LogP contribution in [0.5, 0.6) is 5.75 Å². The standard InChI is InChI=1S/C24H19N5O5/c1-26(2)21(30)14-34-17-11-12-20-25-22-18-5-3-4-6-19(18)24(31)28(23(22)27(20)13-17)15-7-9-16(10-8-15)29(32)33/h3-13H,14H2,1-2H3. The average Bonchev–Trinajstić information content (AvgIpc) is 3.21. The second kappa shape index (κ2) is 8.00. The van der Waals surface area contributed by atoms with Crippen LogP contribution in [0.2, 0.25) is 0 Å². The fraction of sp³-hybridized carbons (Fsp3) is 0.125. The van der Waals surface area contributed by atoms with Gasteiger partial charge in [0, 0.05) is 37.0 Å². The van der Waals surface area contributed by atoms with Gasteiger partial charge in [-0.3, -0.25) is 28.7 Å². The highest BCUT2D eigenvalue weighted by Crippen LogP contribution is 2.28. The van der Waals surface area contributed by atoms with Crippen LogP contribution in [0.3, 0.4) is 0 Å². The lowest BCUT2D eigenvalue weighted by Crippen LogP contribution is -2.27. The maximum Gasteiger partial charge on any atom is 0.269 e. The van der Waals surface area contributed by atoms with Crippen LogP contribution in [-0.2, 0) is 4.79 Å². The summed E-state index contributed by atoms with van der Waals surface area (Å²) in [5.74, 6) is 0.238. The lowest BCUT2D eigenvalue weighted by Gasteiger charge is -2.13. The number of nitro benzene ring substituents is 1. The van der Waals surface area contributed by atoms with E-state index in [1.165, 1.54) is 33.7 Å². The summed E-state index contributed by atoms with van der Waals surface area (Å²) in [5.41, 5.74) is 1.75. The molecule has 0 N–H and O–H groups in total. The monoisotopic (exact) mass is 457 g/mol. The highest BCUT2D eigenvalue weighted by molar-refractivity contribution is 6.04. The van der Waals surface area contributed by atoms with Crippen molar-refractivity contribution in [3.63, 3.8) is 0 Å². The SMILES string of the molecule is CN(C)C(=O)COc1ccc2nc3c4ccccc4c(=O)n(-c4ccc([N+](=O)[O-])cc4)c3n2c1. The number of carbonyl (C=O) groups excluding carboxylic acids is 1. The molecule has 0 aliphatic heterocycles. The molecule has 0 saturated heterocycles. The molecule has 5 aromatic rings. The molecule has 0 atom stereocenters. The topological polar surface area (TPSA) is 112 Å². The van der Waals surface area contributed by atoms with Gasteiger partial charge in [-0.05, 0) is 30.3 Å². The van der Waals surface area contributed by atoms with Crippen molar-refractivity contribution in [2.45, 2.75) is 0 Å². The minimum Gasteiger partial charge on any atom is -0.482 e. The number of nitrogens with zero attached hydrogens (tertiary/aromatic N) is 5. The number of non-ortho nitro benzene ring substituents is 1. The number of ether oxygens (including phenoxy) is 1. The zero-order chi connectivity index (χ0) is 24.0. The molecule has 1 amide bonds. The normalized spacial score (nSPS) is 11.2. The van der Waals surface area contributed by atoms with Gasteiger partial charge in [0.1, 0.15) is 16.9 Å². The van der Waals surface area contributed by atoms with Gasteiger partial charge in [-0.15, -0.1) is 0 Å². The van der Waals surface area contributed by atoms with Crippen LogP contribution in [0.25, 0.3) is 33.3 Å². The Morgan fingerprint density at radius 3 is 2.44 bits per heavy atom. The summed E-state index contributed by atoms with van der Waals surface area (Å²) in [6.45, 7) is -0.136. The second-order valence-corrected chi connectivity index (χ2v) is 7.91. The largest absolute Gasteiger partial charge is 0.482 e. The third-order valence-corrected chi connectivity index (χ3v) is 5.57. The van der Waals surface area contributed by atoms with E-state index in [4.69, 9.17) is 9.72 Å². The average molecular weight is 457 g/mol. The molecule has 2 aromatic carbocycles. The summed E-state index contributed by atoms with van der Waals surface area (Å²) in [7, 11) is 3.29. The van der Waals surface area contributed by atoms with E-state index in [1.807, 2.05) is 12.1 Å². The zero-order valence-electron chi connectivity index (χ0n) is 18.3. The Morgan fingerprint density at radius 1 is 1.06 bits per heavy atom. The van der Waals surface area contributed by atoms with Crippen LogP contribution in [-0.4, -0.2) is 50.4 Å². The molecule has 0 saturated carbocycles. The molecule has 3 aromatic heterocycles. The van der Waals surface area contributed by atoms with E-state index in [0.29, 0.717) is 39.0 Å². The molecule has 5 rings (SSSR count). The number of benzene rings is 2. The van der Waals surface area contributed by atoms with E-state index in [9.17, 15) is 19.7 Å². The number of nitro groups is 1. The molecule has 0 unspecified atom stereocenters. The number of imidazole rings is 1. The van der Waals surface area contributed by atoms with Crippen molar-refractivity contribution in [1.82, 2.24) is 18.9 Å². The Balaban J connectivity index is 1.79. The van der Waals surface area contributed by atoms with Gasteiger partial charge in [-0.25, -0.2) is 4.98 Å². The molecule has 34 heavy (non-hydrogen) atoms. The first kappa shape index (κ1) is 21.1. The van der Waals surface area contributed by atoms with Crippen molar-refractivity contribution in [3.8, 4) is 11.4 Å². The van der Waals surface area contributed by atoms with Crippen LogP contribution < -0.4 is 10.3 Å². The zero-order valence-corrected chi connectivity index (χ0v) is 18.3. The molecule has 0 aliphatic carbocycles. The van der Waals surface area contributed by atoms with Crippen molar-refractivity contribution in [2.75, 3.05) is 20.7 Å². The molecule has 0 fully saturated rings. The van der Waals surface area contributed by atoms with E-state index >= 15 is 0 Å². The number of fused-ring (bicyclic) bond motifs is 5. The molecule has 0 spiro atoms. The van der Waals surface area contributed by atoms with Crippen LogP contribution in [0.1, 0.15) is 0 Å². The van der Waals surface area contributed by atoms with Gasteiger partial charge < -0.3 is 9.64 Å². The minimum absolute atomic E-state index is 0.0757. The van der Waals surface area contributed by atoms with Gasteiger partial charge in [0.2, 0.25) is 0 Å². The van der Waals surface area contributed by atoms with Crippen LogP contribution >= 0.6 is 0 Å². The summed E-state index contributed by atoms with van der Waals surface area (Å²) in [6.07, 6.45) is 1.67. The number of amides is 1. The molecule has 170 valence electrons. The third-order valence-electron chi connectivity index (χ3n) is 5.57. The number of aromatic nitrogens is 3. The Morgan fingerprint density at radius 2 is 1.76 bits per heavy atom. The number of rotatable bonds is 5. The van der Waals surface area contributed by atoms with Gasteiger partial charge in [-0.2, -0.15) is 0 Å². The molecule has 10 nitrogen and oxygen atoms in total. The van der Waals surface area contributed by atoms with Gasteiger partial charge in [0.05, 0.1) is 16.8 Å². The molecule has 0 aliphatic rings. The van der Waals surface area contributed by atoms with E-state index in [2.05, 4.69) is 0 Å². The van der Waals surface area contributed by atoms with Gasteiger partial charge >= 0.3 is 0 Å². The van der Waals surface area contributed by atoms with Crippen molar-refractivity contribution in [1.29, 1.82) is 0 Å². The summed E-state index contributed by atoms with van der Waals surface area (Å²) in [4.78, 5) is 42.3. The fourth-order valence-electron chi connectivity index (χ4n) is 3.82. The first-order valence-corrected chi connectivity index (χ1v) is 10.4. The number of pyridine rings is 2. The molecular weight excluding hydrogens is 438 g/mol.